The van der Waals surface area contributed by atoms with Gasteiger partial charge in [0.2, 0.25) is 15.9 Å². The highest BCUT2D eigenvalue weighted by molar-refractivity contribution is 7.89. The fourth-order valence-corrected chi connectivity index (χ4v) is 9.02. The Labute approximate surface area is 228 Å². The average Bonchev–Trinajstić information content (AvgIpc) is 2.93. The summed E-state index contributed by atoms with van der Waals surface area (Å²) in [7, 11) is -3.75. The summed E-state index contributed by atoms with van der Waals surface area (Å²) in [5, 5.41) is 3.15. The quantitative estimate of drug-likeness (QED) is 0.611. The normalized spacial score (nSPS) is 31.3. The predicted molar refractivity (Wildman–Crippen MR) is 146 cm³/mol. The number of carbonyl (C=O) groups is 1. The molecular formula is C29H31N5O4S. The van der Waals surface area contributed by atoms with E-state index in [2.05, 4.69) is 20.3 Å². The van der Waals surface area contributed by atoms with E-state index in [4.69, 9.17) is 4.74 Å². The van der Waals surface area contributed by atoms with Gasteiger partial charge in [-0.25, -0.2) is 13.4 Å². The molecule has 4 fully saturated rings. The molecule has 1 unspecified atom stereocenters. The lowest BCUT2D eigenvalue weighted by Crippen LogP contribution is -2.55. The molecule has 2 aromatic rings. The number of nitrogens with zero attached hydrogens (tertiary/aromatic N) is 4. The second kappa shape index (κ2) is 9.38. The molecule has 9 nitrogen and oxygen atoms in total. The monoisotopic (exact) mass is 545 g/mol. The highest BCUT2D eigenvalue weighted by Gasteiger charge is 2.55. The van der Waals surface area contributed by atoms with Gasteiger partial charge in [0.05, 0.1) is 16.4 Å². The van der Waals surface area contributed by atoms with Crippen molar-refractivity contribution in [2.24, 2.45) is 33.2 Å². The molecule has 2 aliphatic heterocycles. The average molecular weight is 546 g/mol. The smallest absolute Gasteiger partial charge is 0.243 e. The summed E-state index contributed by atoms with van der Waals surface area (Å²) >= 11 is 0. The lowest BCUT2D eigenvalue weighted by atomic mass is 9.49. The van der Waals surface area contributed by atoms with Crippen molar-refractivity contribution in [3.8, 4) is 11.5 Å². The number of hydrogen-bond acceptors (Lipinski definition) is 7. The first kappa shape index (κ1) is 24.7. The van der Waals surface area contributed by atoms with E-state index in [1.165, 1.54) is 29.9 Å². The SMILES string of the molecule is O=C(NC1=NC=NC2CN(S(=O)(=O)c3ccc(Oc4ccncc4)cc3)CC=C12)C12CC3CC(CC(C3)C1)C2. The minimum absolute atomic E-state index is 0.0828. The van der Waals surface area contributed by atoms with Gasteiger partial charge in [-0.2, -0.15) is 4.31 Å². The number of aliphatic imine (C=N–C) groups is 2. The number of amidine groups is 1. The van der Waals surface area contributed by atoms with Crippen molar-refractivity contribution in [1.29, 1.82) is 0 Å². The van der Waals surface area contributed by atoms with Crippen molar-refractivity contribution in [3.63, 3.8) is 0 Å². The molecule has 1 N–H and O–H groups in total. The van der Waals surface area contributed by atoms with E-state index < -0.39 is 16.1 Å². The number of carbonyl (C=O) groups excluding carboxylic acids is 1. The van der Waals surface area contributed by atoms with E-state index in [1.807, 2.05) is 6.08 Å². The van der Waals surface area contributed by atoms with Crippen molar-refractivity contribution in [2.75, 3.05) is 13.1 Å². The number of hydrogen-bond donors (Lipinski definition) is 1. The van der Waals surface area contributed by atoms with Gasteiger partial charge in [-0.3, -0.25) is 14.8 Å². The van der Waals surface area contributed by atoms with Crippen LogP contribution in [0.15, 0.2) is 75.3 Å². The summed E-state index contributed by atoms with van der Waals surface area (Å²) in [6, 6.07) is 9.43. The standard InChI is InChI=1S/C29H31N5O4S/c35-28(29-14-19-11-20(15-29)13-21(12-19)16-29)33-27-25-7-10-34(17-26(25)31-18-32-27)39(36,37)24-3-1-22(2-4-24)38-23-5-8-30-9-6-23/h1-9,18-21,26H,10-17H2,(H,31,32,33,35). The van der Waals surface area contributed by atoms with Gasteiger partial charge in [-0.05, 0) is 92.7 Å². The van der Waals surface area contributed by atoms with Crippen molar-refractivity contribution < 1.29 is 17.9 Å². The molecule has 6 aliphatic rings. The van der Waals surface area contributed by atoms with E-state index in [-0.39, 0.29) is 29.3 Å². The number of nitrogens with one attached hydrogen (secondary N) is 1. The Hall–Kier alpha value is -3.37. The summed E-state index contributed by atoms with van der Waals surface area (Å²) < 4.78 is 34.1. The Kier molecular flexibility index (Phi) is 5.93. The molecule has 0 spiro atoms. The number of benzene rings is 1. The van der Waals surface area contributed by atoms with Crippen LogP contribution in [0.3, 0.4) is 0 Å². The van der Waals surface area contributed by atoms with Crippen molar-refractivity contribution in [2.45, 2.75) is 49.5 Å². The minimum Gasteiger partial charge on any atom is -0.457 e. The molecule has 4 bridgehead atoms. The van der Waals surface area contributed by atoms with Gasteiger partial charge in [0.1, 0.15) is 23.7 Å². The van der Waals surface area contributed by atoms with Gasteiger partial charge in [-0.15, -0.1) is 0 Å². The second-order valence-corrected chi connectivity index (χ2v) is 13.6. The molecule has 4 aliphatic carbocycles. The van der Waals surface area contributed by atoms with Crippen LogP contribution >= 0.6 is 0 Å². The third kappa shape index (κ3) is 4.49. The number of fused-ring (bicyclic) bond motifs is 1. The molecule has 202 valence electrons. The molecule has 0 radical (unpaired) electrons. The van der Waals surface area contributed by atoms with Crippen LogP contribution in [0.25, 0.3) is 0 Å². The van der Waals surface area contributed by atoms with Gasteiger partial charge < -0.3 is 10.1 Å². The first-order chi connectivity index (χ1) is 18.9. The van der Waals surface area contributed by atoms with Crippen LogP contribution in [0.4, 0.5) is 0 Å². The Bertz CT molecular complexity index is 1450. The number of rotatable bonds is 5. The van der Waals surface area contributed by atoms with E-state index >= 15 is 0 Å². The van der Waals surface area contributed by atoms with Gasteiger partial charge in [0.15, 0.2) is 0 Å². The molecule has 1 aromatic heterocycles. The maximum absolute atomic E-state index is 13.6. The summed E-state index contributed by atoms with van der Waals surface area (Å²) in [5.41, 5.74) is 0.516. The van der Waals surface area contributed by atoms with Gasteiger partial charge >= 0.3 is 0 Å². The van der Waals surface area contributed by atoms with Gasteiger partial charge in [0, 0.05) is 31.1 Å². The van der Waals surface area contributed by atoms with Crippen LogP contribution in [-0.2, 0) is 14.8 Å². The number of amides is 1. The zero-order valence-electron chi connectivity index (χ0n) is 21.6. The lowest BCUT2D eigenvalue weighted by Gasteiger charge is -2.55. The number of pyridine rings is 1. The van der Waals surface area contributed by atoms with Crippen LogP contribution in [-0.4, -0.2) is 54.9 Å². The Morgan fingerprint density at radius 1 is 0.949 bits per heavy atom. The maximum atomic E-state index is 13.6. The summed E-state index contributed by atoms with van der Waals surface area (Å²) in [6.07, 6.45) is 13.3. The molecular weight excluding hydrogens is 514 g/mol. The molecule has 1 aromatic carbocycles. The van der Waals surface area contributed by atoms with E-state index in [9.17, 15) is 13.2 Å². The van der Waals surface area contributed by atoms with Crippen LogP contribution in [0.1, 0.15) is 38.5 Å². The fourth-order valence-electron chi connectivity index (χ4n) is 7.63. The van der Waals surface area contributed by atoms with Crippen molar-refractivity contribution in [3.05, 3.63) is 60.4 Å². The summed E-state index contributed by atoms with van der Waals surface area (Å²) in [4.78, 5) is 26.6. The third-order valence-electron chi connectivity index (χ3n) is 9.06. The second-order valence-electron chi connectivity index (χ2n) is 11.6. The Morgan fingerprint density at radius 3 is 2.26 bits per heavy atom. The largest absolute Gasteiger partial charge is 0.457 e. The van der Waals surface area contributed by atoms with Crippen LogP contribution in [0.5, 0.6) is 11.5 Å². The topological polar surface area (TPSA) is 113 Å². The fraction of sp³-hybridized carbons (Fsp3) is 0.448. The zero-order chi connectivity index (χ0) is 26.6. The highest BCUT2D eigenvalue weighted by atomic mass is 32.2. The van der Waals surface area contributed by atoms with Crippen LogP contribution in [0.2, 0.25) is 0 Å². The minimum atomic E-state index is -3.75. The van der Waals surface area contributed by atoms with E-state index in [0.717, 1.165) is 24.8 Å². The number of ether oxygens (including phenoxy) is 1. The highest BCUT2D eigenvalue weighted by Crippen LogP contribution is 2.60. The molecule has 4 saturated carbocycles. The molecule has 1 amide bonds. The van der Waals surface area contributed by atoms with E-state index in [0.29, 0.717) is 35.1 Å². The molecule has 8 rings (SSSR count). The first-order valence-corrected chi connectivity index (χ1v) is 15.1. The Balaban J connectivity index is 1.05. The molecule has 10 heteroatoms. The van der Waals surface area contributed by atoms with Crippen LogP contribution in [0, 0.1) is 23.2 Å². The molecule has 3 heterocycles. The van der Waals surface area contributed by atoms with E-state index in [1.54, 1.807) is 48.8 Å². The number of sulfonamides is 1. The van der Waals surface area contributed by atoms with Crippen molar-refractivity contribution in [1.82, 2.24) is 14.6 Å². The molecule has 39 heavy (non-hydrogen) atoms. The van der Waals surface area contributed by atoms with Crippen LogP contribution < -0.4 is 10.1 Å². The first-order valence-electron chi connectivity index (χ1n) is 13.7. The van der Waals surface area contributed by atoms with Crippen molar-refractivity contribution >= 4 is 28.1 Å². The molecule has 0 saturated heterocycles. The third-order valence-corrected chi connectivity index (χ3v) is 10.9. The summed E-state index contributed by atoms with van der Waals surface area (Å²) in [6.45, 7) is 0.372. The number of aromatic nitrogens is 1. The predicted octanol–water partition coefficient (Wildman–Crippen LogP) is 3.95. The lowest BCUT2D eigenvalue weighted by molar-refractivity contribution is -0.144. The van der Waals surface area contributed by atoms with Gasteiger partial charge in [-0.1, -0.05) is 6.08 Å². The zero-order valence-corrected chi connectivity index (χ0v) is 22.4. The summed E-state index contributed by atoms with van der Waals surface area (Å²) in [5.74, 6) is 3.78. The maximum Gasteiger partial charge on any atom is 0.243 e. The Morgan fingerprint density at radius 2 is 1.59 bits per heavy atom. The van der Waals surface area contributed by atoms with Gasteiger partial charge in [0.25, 0.3) is 0 Å². The molecule has 1 atom stereocenters.